The Bertz CT molecular complexity index is 545. The molecule has 1 aliphatic heterocycles. The van der Waals surface area contributed by atoms with Crippen LogP contribution in [0.25, 0.3) is 0 Å². The molecule has 0 bridgehead atoms. The van der Waals surface area contributed by atoms with Crippen LogP contribution in [0.15, 0.2) is 0 Å². The summed E-state index contributed by atoms with van der Waals surface area (Å²) in [5.74, 6) is 0. The van der Waals surface area contributed by atoms with E-state index in [1.54, 1.807) is 64.0 Å². The average Bonchev–Trinajstić information content (AvgIpc) is 2.97. The molecule has 0 aromatic rings. The van der Waals surface area contributed by atoms with Gasteiger partial charge in [-0.1, -0.05) is 20.8 Å². The molecule has 0 spiro atoms. The summed E-state index contributed by atoms with van der Waals surface area (Å²) in [6, 6.07) is 0. The fraction of sp³-hybridized carbons (Fsp3) is 1.00. The van der Waals surface area contributed by atoms with Gasteiger partial charge in [0.05, 0.1) is 20.0 Å². The van der Waals surface area contributed by atoms with Gasteiger partial charge >= 0.3 is 26.4 Å². The van der Waals surface area contributed by atoms with E-state index in [0.29, 0.717) is 0 Å². The molecule has 0 saturated carbocycles. The van der Waals surface area contributed by atoms with E-state index < -0.39 is 26.4 Å². The van der Waals surface area contributed by atoms with E-state index in [9.17, 15) is 0 Å². The van der Waals surface area contributed by atoms with Gasteiger partial charge in [-0.15, -0.1) is 0 Å². The Morgan fingerprint density at radius 3 is 0.744 bits per heavy atom. The zero-order chi connectivity index (χ0) is 29.7. The van der Waals surface area contributed by atoms with Crippen LogP contribution in [-0.4, -0.2) is 145 Å². The summed E-state index contributed by atoms with van der Waals surface area (Å²) in [5, 5.41) is 0. The Balaban J connectivity index is 2.96. The monoisotopic (exact) mass is 615 g/mol. The van der Waals surface area contributed by atoms with Gasteiger partial charge in [0.2, 0.25) is 0 Å². The van der Waals surface area contributed by atoms with Gasteiger partial charge < -0.3 is 39.8 Å². The van der Waals surface area contributed by atoms with E-state index in [4.69, 9.17) is 39.8 Å². The third-order valence-electron chi connectivity index (χ3n) is 8.21. The number of hydrogen-bond donors (Lipinski definition) is 0. The lowest BCUT2D eigenvalue weighted by Gasteiger charge is -2.44. The van der Waals surface area contributed by atoms with Gasteiger partial charge in [-0.3, -0.25) is 14.7 Å². The van der Waals surface area contributed by atoms with Crippen molar-refractivity contribution in [2.24, 2.45) is 0 Å². The second-order valence-corrected chi connectivity index (χ2v) is 20.6. The molecule has 0 N–H and O–H groups in total. The maximum atomic E-state index is 5.73. The van der Waals surface area contributed by atoms with Crippen LogP contribution >= 0.6 is 0 Å². The number of rotatable bonds is 21. The smallest absolute Gasteiger partial charge is 0.377 e. The lowest BCUT2D eigenvalue weighted by molar-refractivity contribution is -0.0330. The van der Waals surface area contributed by atoms with Gasteiger partial charge in [0.15, 0.2) is 0 Å². The first-order chi connectivity index (χ1) is 18.5. The minimum atomic E-state index is -2.70. The first-order valence-corrected chi connectivity index (χ1v) is 19.1. The molecule has 1 aliphatic rings. The average molecular weight is 616 g/mol. The topological polar surface area (TPSA) is 92.8 Å². The van der Waals surface area contributed by atoms with Crippen LogP contribution < -0.4 is 0 Å². The minimum absolute atomic E-state index is 0.176. The lowest BCUT2D eigenvalue weighted by Crippen LogP contribution is -2.57. The van der Waals surface area contributed by atoms with Crippen molar-refractivity contribution in [3.8, 4) is 0 Å². The Kier molecular flexibility index (Phi) is 17.1. The van der Waals surface area contributed by atoms with Crippen molar-refractivity contribution < 1.29 is 39.8 Å². The van der Waals surface area contributed by atoms with Crippen molar-refractivity contribution >= 4 is 26.4 Å². The van der Waals surface area contributed by atoms with Gasteiger partial charge in [0, 0.05) is 100 Å². The molecule has 0 aromatic carbocycles. The van der Waals surface area contributed by atoms with E-state index in [0.717, 1.165) is 58.9 Å². The maximum Gasteiger partial charge on any atom is 0.503 e. The molecular weight excluding hydrogens is 559 g/mol. The predicted molar refractivity (Wildman–Crippen MR) is 157 cm³/mol. The van der Waals surface area contributed by atoms with Gasteiger partial charge in [-0.2, -0.15) is 0 Å². The normalized spacial score (nSPS) is 19.4. The summed E-state index contributed by atoms with van der Waals surface area (Å²) >= 11 is 0. The summed E-state index contributed by atoms with van der Waals surface area (Å²) in [6.45, 7) is 11.8. The molecule has 234 valence electrons. The van der Waals surface area contributed by atoms with Crippen molar-refractivity contribution in [3.05, 3.63) is 0 Å². The first-order valence-electron chi connectivity index (χ1n) is 13.7. The number of nitrogens with zero attached hydrogens (tertiary/aromatic N) is 3. The van der Waals surface area contributed by atoms with Gasteiger partial charge in [-0.05, 0) is 19.3 Å². The highest BCUT2D eigenvalue weighted by Crippen LogP contribution is 2.30. The molecule has 0 radical (unpaired) electrons. The van der Waals surface area contributed by atoms with E-state index in [-0.39, 0.29) is 16.6 Å². The minimum Gasteiger partial charge on any atom is -0.377 e. The molecular formula is C24H57N3O9Si3. The highest BCUT2D eigenvalue weighted by atomic mass is 28.4. The van der Waals surface area contributed by atoms with Crippen molar-refractivity contribution in [2.75, 3.05) is 104 Å². The lowest BCUT2D eigenvalue weighted by atomic mass is 10.2. The van der Waals surface area contributed by atoms with Crippen LogP contribution in [0.5, 0.6) is 0 Å². The second-order valence-electron chi connectivity index (χ2n) is 10.3. The van der Waals surface area contributed by atoms with Crippen LogP contribution in [0.4, 0.5) is 0 Å². The van der Waals surface area contributed by atoms with Crippen LogP contribution in [-0.2, 0) is 39.8 Å². The third-order valence-corrected chi connectivity index (χ3v) is 17.8. The molecule has 15 heteroatoms. The van der Waals surface area contributed by atoms with Gasteiger partial charge in [0.1, 0.15) is 0 Å². The molecule has 3 atom stereocenters. The largest absolute Gasteiger partial charge is 0.503 e. The molecule has 1 fully saturated rings. The summed E-state index contributed by atoms with van der Waals surface area (Å²) in [5.41, 5.74) is 0.527. The van der Waals surface area contributed by atoms with Gasteiger partial charge in [0.25, 0.3) is 0 Å². The molecule has 1 heterocycles. The Hall–Kier alpha value is 0.171. The first kappa shape index (κ1) is 37.2. The van der Waals surface area contributed by atoms with Crippen molar-refractivity contribution in [1.29, 1.82) is 0 Å². The van der Waals surface area contributed by atoms with Crippen LogP contribution in [0.1, 0.15) is 40.0 Å². The Labute approximate surface area is 241 Å². The fourth-order valence-electron chi connectivity index (χ4n) is 5.63. The highest BCUT2D eigenvalue weighted by molar-refractivity contribution is 6.62. The molecule has 0 amide bonds. The summed E-state index contributed by atoms with van der Waals surface area (Å²) < 4.78 is 51.6. The van der Waals surface area contributed by atoms with E-state index in [1.165, 1.54) is 0 Å². The quantitative estimate of drug-likeness (QED) is 0.178. The Morgan fingerprint density at radius 1 is 0.410 bits per heavy atom. The van der Waals surface area contributed by atoms with Crippen LogP contribution in [0, 0.1) is 0 Å². The number of hydrogen-bond acceptors (Lipinski definition) is 12. The molecule has 39 heavy (non-hydrogen) atoms. The standard InChI is InChI=1S/C24H57N3O9Si3/c1-22(37(28-4,29-5)30-6)13-16-25-19-26(17-14-23(2)38(31-7,32-8)33-9)21-27(20-25)18-15-24(3)39(34-10,35-11)36-12/h22-24H,13-21H2,1-12H3. The van der Waals surface area contributed by atoms with E-state index >= 15 is 0 Å². The second kappa shape index (κ2) is 18.0. The summed E-state index contributed by atoms with van der Waals surface area (Å²) in [6.07, 6.45) is 2.74. The fourth-order valence-corrected chi connectivity index (χ4v) is 12.2. The van der Waals surface area contributed by atoms with Crippen molar-refractivity contribution in [2.45, 2.75) is 56.7 Å². The van der Waals surface area contributed by atoms with Crippen LogP contribution in [0.2, 0.25) is 16.6 Å². The molecule has 1 rings (SSSR count). The van der Waals surface area contributed by atoms with E-state index in [1.807, 2.05) is 0 Å². The maximum absolute atomic E-state index is 5.73. The molecule has 0 aromatic heterocycles. The SMILES string of the molecule is CO[Si](OC)(OC)C(C)CCN1CN(CCC(C)[Si](OC)(OC)OC)CN(CCC(C)[Si](OC)(OC)OC)C1. The highest BCUT2D eigenvalue weighted by Gasteiger charge is 2.46. The molecule has 12 nitrogen and oxygen atoms in total. The van der Waals surface area contributed by atoms with Crippen molar-refractivity contribution in [3.63, 3.8) is 0 Å². The van der Waals surface area contributed by atoms with Crippen molar-refractivity contribution in [1.82, 2.24) is 14.7 Å². The summed E-state index contributed by atoms with van der Waals surface area (Å²) in [4.78, 5) is 7.45. The summed E-state index contributed by atoms with van der Waals surface area (Å²) in [7, 11) is 7.00. The zero-order valence-electron chi connectivity index (χ0n) is 26.6. The predicted octanol–water partition coefficient (Wildman–Crippen LogP) is 2.75. The zero-order valence-corrected chi connectivity index (χ0v) is 29.6. The van der Waals surface area contributed by atoms with E-state index in [2.05, 4.69) is 35.5 Å². The van der Waals surface area contributed by atoms with Gasteiger partial charge in [-0.25, -0.2) is 0 Å². The molecule has 1 saturated heterocycles. The molecule has 0 aliphatic carbocycles. The Morgan fingerprint density at radius 2 is 0.590 bits per heavy atom. The molecule has 3 unspecified atom stereocenters. The van der Waals surface area contributed by atoms with Crippen LogP contribution in [0.3, 0.4) is 0 Å². The third kappa shape index (κ3) is 9.59.